The first kappa shape index (κ1) is 15.8. The van der Waals surface area contributed by atoms with E-state index in [1.165, 1.54) is 0 Å². The lowest BCUT2D eigenvalue weighted by Crippen LogP contribution is -2.20. The zero-order valence-corrected chi connectivity index (χ0v) is 14.4. The Morgan fingerprint density at radius 2 is 1.22 bits per heavy atom. The van der Waals surface area contributed by atoms with E-state index in [1.54, 1.807) is 0 Å². The summed E-state index contributed by atoms with van der Waals surface area (Å²) in [6, 6.07) is 3.96. The van der Waals surface area contributed by atoms with Crippen LogP contribution in [0.3, 0.4) is 0 Å². The van der Waals surface area contributed by atoms with Gasteiger partial charge in [0.2, 0.25) is 0 Å². The van der Waals surface area contributed by atoms with Crippen LogP contribution >= 0.6 is 5.47 Å². The molecule has 0 saturated heterocycles. The van der Waals surface area contributed by atoms with Crippen molar-refractivity contribution in [3.05, 3.63) is 23.3 Å². The van der Waals surface area contributed by atoms with Crippen molar-refractivity contribution < 1.29 is 5.11 Å². The lowest BCUT2D eigenvalue weighted by Gasteiger charge is -2.27. The number of phenolic OH excluding ortho intramolecular Hbond substituents is 1. The summed E-state index contributed by atoms with van der Waals surface area (Å²) in [7, 11) is 0. The van der Waals surface area contributed by atoms with E-state index in [0.29, 0.717) is 5.75 Å². The van der Waals surface area contributed by atoms with Gasteiger partial charge in [-0.2, -0.15) is 0 Å². The molecule has 0 aliphatic carbocycles. The van der Waals surface area contributed by atoms with Gasteiger partial charge in [-0.05, 0) is 46.6 Å². The highest BCUT2D eigenvalue weighted by atomic mass is 32.7. The molecule has 0 bridgehead atoms. The van der Waals surface area contributed by atoms with Crippen LogP contribution in [0.15, 0.2) is 12.1 Å². The Bertz CT molecular complexity index is 489. The van der Waals surface area contributed by atoms with E-state index in [2.05, 4.69) is 41.5 Å². The topological polar surface area (TPSA) is 20.2 Å². The van der Waals surface area contributed by atoms with Crippen molar-refractivity contribution in [2.75, 3.05) is 0 Å². The fraction of sp³-hybridized carbons (Fsp3) is 0.571. The molecule has 1 rings (SSSR count). The maximum atomic E-state index is 10.5. The van der Waals surface area contributed by atoms with Gasteiger partial charge in [-0.25, -0.2) is 0 Å². The van der Waals surface area contributed by atoms with Gasteiger partial charge in [0, 0.05) is 21.9 Å². The predicted octanol–water partition coefficient (Wildman–Crippen LogP) is 4.02. The number of aromatic hydroxyl groups is 1. The molecule has 0 spiro atoms. The summed E-state index contributed by atoms with van der Waals surface area (Å²) in [5.74, 6) is 0.389. The van der Waals surface area contributed by atoms with Gasteiger partial charge in [-0.15, -0.1) is 0 Å². The fourth-order valence-electron chi connectivity index (χ4n) is 1.87. The number of rotatable bonds is 1. The summed E-state index contributed by atoms with van der Waals surface area (Å²) >= 11 is 10.5. The first-order chi connectivity index (χ1) is 7.94. The number of phenols is 1. The maximum Gasteiger partial charge on any atom is 0.123 e. The second-order valence-corrected chi connectivity index (χ2v) is 10.6. The quantitative estimate of drug-likeness (QED) is 0.791. The normalized spacial score (nSPS) is 12.6. The fourth-order valence-corrected chi connectivity index (χ4v) is 2.97. The monoisotopic (exact) mass is 300 g/mol. The largest absolute Gasteiger partial charge is 0.507 e. The van der Waals surface area contributed by atoms with Crippen molar-refractivity contribution in [1.82, 2.24) is 0 Å². The summed E-state index contributed by atoms with van der Waals surface area (Å²) in [6.07, 6.45) is 0. The molecule has 0 atom stereocenters. The van der Waals surface area contributed by atoms with Crippen LogP contribution < -0.4 is 5.30 Å². The highest BCUT2D eigenvalue weighted by molar-refractivity contribution is 8.27. The SMILES string of the molecule is CC(C)(C)c1cc(P(=S)=S)cc(C(C)(C)C)c1O. The van der Waals surface area contributed by atoms with Crippen molar-refractivity contribution in [2.24, 2.45) is 0 Å². The summed E-state index contributed by atoms with van der Waals surface area (Å²) in [6.45, 7) is 12.5. The zero-order chi connectivity index (χ0) is 14.3. The molecule has 0 aliphatic rings. The molecule has 0 heterocycles. The number of benzene rings is 1. The van der Waals surface area contributed by atoms with E-state index in [4.69, 9.17) is 23.6 Å². The molecule has 0 aromatic heterocycles. The van der Waals surface area contributed by atoms with E-state index < -0.39 is 5.47 Å². The summed E-state index contributed by atoms with van der Waals surface area (Å²) in [5, 5.41) is 11.5. The average molecular weight is 300 g/mol. The summed E-state index contributed by atoms with van der Waals surface area (Å²) < 4.78 is 0. The van der Waals surface area contributed by atoms with Gasteiger partial charge in [0.15, 0.2) is 0 Å². The molecule has 1 aromatic rings. The predicted molar refractivity (Wildman–Crippen MR) is 86.8 cm³/mol. The van der Waals surface area contributed by atoms with Crippen LogP contribution in [0.2, 0.25) is 0 Å². The van der Waals surface area contributed by atoms with Crippen LogP contribution in [-0.4, -0.2) is 5.11 Å². The average Bonchev–Trinajstić information content (AvgIpc) is 2.13. The van der Waals surface area contributed by atoms with E-state index in [0.717, 1.165) is 16.4 Å². The third-order valence-corrected chi connectivity index (χ3v) is 4.87. The van der Waals surface area contributed by atoms with E-state index in [-0.39, 0.29) is 10.8 Å². The standard InChI is InChI=1S/C14H21OPS2/c1-13(2,3)10-7-9(16(17)18)8-11(12(10)15)14(4,5)6/h7-8,15H,1-6H3. The van der Waals surface area contributed by atoms with Crippen LogP contribution in [-0.2, 0) is 34.4 Å². The van der Waals surface area contributed by atoms with Crippen molar-refractivity contribution in [1.29, 1.82) is 0 Å². The van der Waals surface area contributed by atoms with Crippen molar-refractivity contribution in [3.63, 3.8) is 0 Å². The lowest BCUT2D eigenvalue weighted by atomic mass is 9.79. The summed E-state index contributed by atoms with van der Waals surface area (Å²) in [4.78, 5) is 0. The third kappa shape index (κ3) is 3.40. The Kier molecular flexibility index (Phi) is 4.42. The van der Waals surface area contributed by atoms with Crippen molar-refractivity contribution in [3.8, 4) is 5.75 Å². The second kappa shape index (κ2) is 5.03. The van der Waals surface area contributed by atoms with Crippen molar-refractivity contribution >= 4 is 34.4 Å². The van der Waals surface area contributed by atoms with Crippen LogP contribution in [0.25, 0.3) is 0 Å². The lowest BCUT2D eigenvalue weighted by molar-refractivity contribution is 0.424. The molecule has 0 amide bonds. The Morgan fingerprint density at radius 3 is 1.44 bits per heavy atom. The molecule has 0 unspecified atom stereocenters. The van der Waals surface area contributed by atoms with Crippen LogP contribution in [0.4, 0.5) is 0 Å². The molecular formula is C14H21OPS2. The van der Waals surface area contributed by atoms with Crippen LogP contribution in [0.5, 0.6) is 5.75 Å². The maximum absolute atomic E-state index is 10.5. The molecule has 1 nitrogen and oxygen atoms in total. The molecule has 1 aromatic carbocycles. The zero-order valence-electron chi connectivity index (χ0n) is 11.9. The summed E-state index contributed by atoms with van der Waals surface area (Å²) in [5.41, 5.74) is 0.665. The second-order valence-electron chi connectivity index (χ2n) is 6.65. The van der Waals surface area contributed by atoms with Gasteiger partial charge in [0.05, 0.1) is 0 Å². The molecule has 18 heavy (non-hydrogen) atoms. The highest BCUT2D eigenvalue weighted by Gasteiger charge is 2.26. The van der Waals surface area contributed by atoms with E-state index in [9.17, 15) is 5.11 Å². The minimum Gasteiger partial charge on any atom is -0.507 e. The van der Waals surface area contributed by atoms with Gasteiger partial charge in [0.1, 0.15) is 5.75 Å². The smallest absolute Gasteiger partial charge is 0.123 e. The molecule has 0 fully saturated rings. The molecule has 0 radical (unpaired) electrons. The van der Waals surface area contributed by atoms with Gasteiger partial charge in [-0.1, -0.05) is 41.5 Å². The molecule has 0 saturated carbocycles. The third-order valence-electron chi connectivity index (χ3n) is 2.92. The van der Waals surface area contributed by atoms with Gasteiger partial charge in [-0.3, -0.25) is 0 Å². The molecule has 4 heteroatoms. The number of hydrogen-bond acceptors (Lipinski definition) is 3. The Balaban J connectivity index is 3.70. The Hall–Kier alpha value is -0.240. The molecule has 0 aliphatic heterocycles. The van der Waals surface area contributed by atoms with Gasteiger partial charge in [0.25, 0.3) is 0 Å². The van der Waals surface area contributed by atoms with Gasteiger partial charge >= 0.3 is 0 Å². The molecule has 1 N–H and O–H groups in total. The van der Waals surface area contributed by atoms with Crippen molar-refractivity contribution in [2.45, 2.75) is 52.4 Å². The molecular weight excluding hydrogens is 279 g/mol. The Labute approximate surface area is 121 Å². The van der Waals surface area contributed by atoms with Crippen LogP contribution in [0.1, 0.15) is 52.7 Å². The molecule has 100 valence electrons. The minimum absolute atomic E-state index is 0.115. The minimum atomic E-state index is -0.979. The first-order valence-electron chi connectivity index (χ1n) is 5.97. The van der Waals surface area contributed by atoms with E-state index >= 15 is 0 Å². The van der Waals surface area contributed by atoms with Crippen LogP contribution in [0, 0.1) is 0 Å². The van der Waals surface area contributed by atoms with Gasteiger partial charge < -0.3 is 5.11 Å². The first-order valence-corrected chi connectivity index (χ1v) is 9.34. The Morgan fingerprint density at radius 1 is 0.889 bits per heavy atom. The van der Waals surface area contributed by atoms with E-state index in [1.807, 2.05) is 12.1 Å². The number of hydrogen-bond donors (Lipinski definition) is 1. The highest BCUT2D eigenvalue weighted by Crippen LogP contribution is 2.38.